The highest BCUT2D eigenvalue weighted by Gasteiger charge is 2.45. The third-order valence-corrected chi connectivity index (χ3v) is 10.0. The number of unbranched alkanes of at least 4 members (excludes halogenated alkanes) is 1. The van der Waals surface area contributed by atoms with E-state index in [0.29, 0.717) is 42.5 Å². The topological polar surface area (TPSA) is 75.4 Å². The number of nitrogens with one attached hydrogen (secondary N) is 1. The van der Waals surface area contributed by atoms with Crippen molar-refractivity contribution in [3.05, 3.63) is 101 Å². The molecule has 1 amide bonds. The summed E-state index contributed by atoms with van der Waals surface area (Å²) in [6, 6.07) is 19.3. The molecule has 6 rings (SSSR count). The van der Waals surface area contributed by atoms with Gasteiger partial charge in [0.05, 0.1) is 23.2 Å². The van der Waals surface area contributed by atoms with Gasteiger partial charge in [-0.3, -0.25) is 9.59 Å². The molecule has 3 unspecified atom stereocenters. The van der Waals surface area contributed by atoms with Crippen molar-refractivity contribution in [3.63, 3.8) is 0 Å². The molecule has 5 nitrogen and oxygen atoms in total. The summed E-state index contributed by atoms with van der Waals surface area (Å²) in [7, 11) is 0. The fraction of sp³-hybridized carbons (Fsp3) is 0.421. The molecule has 0 saturated carbocycles. The molecule has 0 radical (unpaired) electrons. The maximum atomic E-state index is 15.4. The van der Waals surface area contributed by atoms with Gasteiger partial charge in [-0.15, -0.1) is 0 Å². The van der Waals surface area contributed by atoms with Crippen LogP contribution in [-0.2, 0) is 16.6 Å². The Kier molecular flexibility index (Phi) is 9.10. The smallest absolute Gasteiger partial charge is 0.355 e. The van der Waals surface area contributed by atoms with Crippen molar-refractivity contribution in [2.45, 2.75) is 88.4 Å². The summed E-state index contributed by atoms with van der Waals surface area (Å²) in [5, 5.41) is 2.18. The van der Waals surface area contributed by atoms with Gasteiger partial charge in [0.15, 0.2) is 5.78 Å². The number of benzene rings is 3. The van der Waals surface area contributed by atoms with E-state index in [1.54, 1.807) is 0 Å². The Balaban J connectivity index is 1.63. The number of fused-ring (bicyclic) bond motifs is 3. The van der Waals surface area contributed by atoms with Crippen molar-refractivity contribution in [1.29, 1.82) is 0 Å². The summed E-state index contributed by atoms with van der Waals surface area (Å²) in [5.41, 5.74) is 12.1. The number of piperidine rings is 1. The summed E-state index contributed by atoms with van der Waals surface area (Å²) in [6.07, 6.45) is 6.27. The van der Waals surface area contributed by atoms with Crippen LogP contribution in [0.4, 0.5) is 18.9 Å². The fourth-order valence-electron chi connectivity index (χ4n) is 7.80. The number of ketones is 1. The molecule has 3 aliphatic rings. The van der Waals surface area contributed by atoms with Gasteiger partial charge in [0.2, 0.25) is 5.91 Å². The summed E-state index contributed by atoms with van der Waals surface area (Å²) < 4.78 is 39.9. The van der Waals surface area contributed by atoms with Crippen molar-refractivity contribution in [1.82, 2.24) is 5.32 Å². The normalized spacial score (nSPS) is 22.3. The summed E-state index contributed by atoms with van der Waals surface area (Å²) >= 11 is 0. The Morgan fingerprint density at radius 3 is 2.48 bits per heavy atom. The van der Waals surface area contributed by atoms with Crippen LogP contribution in [0.3, 0.4) is 0 Å². The number of amides is 1. The molecule has 1 fully saturated rings. The first-order valence-corrected chi connectivity index (χ1v) is 16.6. The fourth-order valence-corrected chi connectivity index (χ4v) is 7.80. The molecule has 8 heteroatoms. The second-order valence-corrected chi connectivity index (χ2v) is 12.9. The van der Waals surface area contributed by atoms with Gasteiger partial charge < -0.3 is 16.0 Å². The zero-order valence-electron chi connectivity index (χ0n) is 26.3. The molecule has 3 atom stereocenters. The second kappa shape index (κ2) is 13.1. The molecule has 0 spiro atoms. The molecule has 3 aromatic carbocycles. The zero-order valence-corrected chi connectivity index (χ0v) is 26.3. The van der Waals surface area contributed by atoms with Crippen molar-refractivity contribution in [2.24, 2.45) is 5.73 Å². The first-order valence-electron chi connectivity index (χ1n) is 16.6. The van der Waals surface area contributed by atoms with Gasteiger partial charge in [-0.2, -0.15) is 13.2 Å². The van der Waals surface area contributed by atoms with Gasteiger partial charge in [-0.1, -0.05) is 80.1 Å². The standard InChI is InChI=1S/C38H42F3N3O2/c1-2-3-16-28-32-29(26-17-8-9-18-27(26)33(32)36(46)43-24-38(39,40)41)23-30(34(28)44-22-13-10-19-31(44)42)35(45)37(20-11-5-12-21-37)25-14-6-4-7-15-25/h4-9,11,14-15,17-18,23,31,33H,2-3,10,12-13,16,19-22,24,42H2,1H3,(H,43,46). The number of hydrogen-bond acceptors (Lipinski definition) is 4. The van der Waals surface area contributed by atoms with Crippen molar-refractivity contribution in [2.75, 3.05) is 18.0 Å². The molecule has 1 heterocycles. The van der Waals surface area contributed by atoms with Crippen molar-refractivity contribution in [3.8, 4) is 11.1 Å². The number of alkyl halides is 3. The molecule has 2 aliphatic carbocycles. The van der Waals surface area contributed by atoms with Crippen LogP contribution in [0.5, 0.6) is 0 Å². The van der Waals surface area contributed by atoms with E-state index in [9.17, 15) is 18.0 Å². The van der Waals surface area contributed by atoms with E-state index in [4.69, 9.17) is 5.73 Å². The first-order chi connectivity index (χ1) is 22.2. The highest BCUT2D eigenvalue weighted by atomic mass is 19.4. The molecule has 1 saturated heterocycles. The van der Waals surface area contributed by atoms with Crippen LogP contribution in [0.15, 0.2) is 72.8 Å². The van der Waals surface area contributed by atoms with E-state index in [2.05, 4.69) is 29.3 Å². The van der Waals surface area contributed by atoms with Crippen LogP contribution in [-0.4, -0.2) is 37.1 Å². The number of rotatable bonds is 9. The third kappa shape index (κ3) is 5.88. The first kappa shape index (κ1) is 32.0. The van der Waals surface area contributed by atoms with Gasteiger partial charge >= 0.3 is 6.18 Å². The van der Waals surface area contributed by atoms with E-state index in [0.717, 1.165) is 66.5 Å². The van der Waals surface area contributed by atoms with Gasteiger partial charge in [-0.25, -0.2) is 0 Å². The molecule has 242 valence electrons. The van der Waals surface area contributed by atoms with Gasteiger partial charge in [0, 0.05) is 12.1 Å². The molecule has 3 aromatic rings. The monoisotopic (exact) mass is 629 g/mol. The Morgan fingerprint density at radius 2 is 1.78 bits per heavy atom. The lowest BCUT2D eigenvalue weighted by Crippen LogP contribution is -2.47. The Hall–Kier alpha value is -3.91. The minimum Gasteiger partial charge on any atom is -0.355 e. The number of anilines is 1. The van der Waals surface area contributed by atoms with Gasteiger partial charge in [0.1, 0.15) is 6.54 Å². The largest absolute Gasteiger partial charge is 0.405 e. The Morgan fingerprint density at radius 1 is 1.02 bits per heavy atom. The molecule has 0 aromatic heterocycles. The minimum atomic E-state index is -4.54. The molecular weight excluding hydrogens is 587 g/mol. The number of hydrogen-bond donors (Lipinski definition) is 2. The average Bonchev–Trinajstić information content (AvgIpc) is 3.40. The Labute approximate surface area is 269 Å². The van der Waals surface area contributed by atoms with E-state index in [-0.39, 0.29) is 11.9 Å². The highest BCUT2D eigenvalue weighted by molar-refractivity contribution is 6.11. The average molecular weight is 630 g/mol. The van der Waals surface area contributed by atoms with Crippen LogP contribution in [0.1, 0.15) is 96.8 Å². The lowest BCUT2D eigenvalue weighted by atomic mass is 9.66. The van der Waals surface area contributed by atoms with Gasteiger partial charge in [0.25, 0.3) is 0 Å². The summed E-state index contributed by atoms with van der Waals surface area (Å²) in [6.45, 7) is 1.34. The number of nitrogens with two attached hydrogens (primary N) is 1. The predicted molar refractivity (Wildman–Crippen MR) is 176 cm³/mol. The van der Waals surface area contributed by atoms with Gasteiger partial charge in [-0.05, 0) is 90.8 Å². The second-order valence-electron chi connectivity index (χ2n) is 12.9. The predicted octanol–water partition coefficient (Wildman–Crippen LogP) is 7.96. The SMILES string of the molecule is CCCCc1c2c(cc(C(=O)C3(c4ccccc4)CC=CCC3)c1N1CCCCC1N)-c1ccccc1C2C(=O)NCC(F)(F)F. The highest BCUT2D eigenvalue weighted by Crippen LogP contribution is 2.52. The van der Waals surface area contributed by atoms with Crippen LogP contribution in [0.2, 0.25) is 0 Å². The molecule has 3 N–H and O–H groups in total. The number of carbonyl (C=O) groups is 2. The lowest BCUT2D eigenvalue weighted by molar-refractivity contribution is -0.138. The maximum absolute atomic E-state index is 15.4. The maximum Gasteiger partial charge on any atom is 0.405 e. The van der Waals surface area contributed by atoms with Crippen LogP contribution < -0.4 is 16.0 Å². The molecule has 0 bridgehead atoms. The van der Waals surface area contributed by atoms with Crippen molar-refractivity contribution >= 4 is 17.4 Å². The van der Waals surface area contributed by atoms with E-state index in [1.807, 2.05) is 60.7 Å². The van der Waals surface area contributed by atoms with E-state index >= 15 is 4.79 Å². The molecule has 1 aliphatic heterocycles. The molecule has 46 heavy (non-hydrogen) atoms. The van der Waals surface area contributed by atoms with E-state index in [1.165, 1.54) is 0 Å². The van der Waals surface area contributed by atoms with E-state index < -0.39 is 30.0 Å². The quantitative estimate of drug-likeness (QED) is 0.186. The van der Waals surface area contributed by atoms with Crippen molar-refractivity contribution < 1.29 is 22.8 Å². The Bertz CT molecular complexity index is 1630. The minimum absolute atomic E-state index is 0.0267. The number of Topliss-reactive ketones (excluding diaryl/α,β-unsaturated/α-hetero) is 1. The van der Waals surface area contributed by atoms with Crippen LogP contribution in [0.25, 0.3) is 11.1 Å². The zero-order chi connectivity index (χ0) is 32.5. The number of nitrogens with zero attached hydrogens (tertiary/aromatic N) is 1. The van der Waals surface area contributed by atoms with Crippen LogP contribution in [0, 0.1) is 0 Å². The molecular formula is C38H42F3N3O2. The summed E-state index contributed by atoms with van der Waals surface area (Å²) in [4.78, 5) is 31.3. The lowest BCUT2D eigenvalue weighted by Gasteiger charge is -2.41. The number of halogens is 3. The number of carbonyl (C=O) groups excluding carboxylic acids is 2. The summed E-state index contributed by atoms with van der Waals surface area (Å²) in [5.74, 6) is -1.59. The number of allylic oxidation sites excluding steroid dienone is 2. The third-order valence-electron chi connectivity index (χ3n) is 10.0. The van der Waals surface area contributed by atoms with Crippen LogP contribution >= 0.6 is 0 Å².